The first-order valence-corrected chi connectivity index (χ1v) is 13.7. The minimum atomic E-state index is -1.00. The first-order valence-electron chi connectivity index (χ1n) is 12.9. The van der Waals surface area contributed by atoms with E-state index >= 15 is 0 Å². The highest BCUT2D eigenvalue weighted by atomic mass is 32.1. The molecule has 1 aromatic carbocycles. The SMILES string of the molecule is Cc1c(-c2ccc(-c3cc4ncccc4o3)cc2)sc(C(=O)O)c1N(C(=O)[C@H]1CC[C@H](C)CC1)C(C)C. The van der Waals surface area contributed by atoms with Crippen molar-refractivity contribution in [1.29, 1.82) is 0 Å². The Bertz CT molecular complexity index is 1410. The number of nitrogens with zero attached hydrogens (tertiary/aromatic N) is 2. The Morgan fingerprint density at radius 2 is 1.76 bits per heavy atom. The molecule has 3 heterocycles. The number of rotatable bonds is 6. The molecule has 0 saturated heterocycles. The lowest BCUT2D eigenvalue weighted by Gasteiger charge is -2.34. The van der Waals surface area contributed by atoms with Gasteiger partial charge in [-0.15, -0.1) is 11.3 Å². The third-order valence-electron chi connectivity index (χ3n) is 7.39. The van der Waals surface area contributed by atoms with Gasteiger partial charge in [0.2, 0.25) is 5.91 Å². The lowest BCUT2D eigenvalue weighted by atomic mass is 9.82. The molecule has 192 valence electrons. The molecule has 1 fully saturated rings. The first kappa shape index (κ1) is 25.2. The molecule has 0 unspecified atom stereocenters. The third kappa shape index (κ3) is 4.80. The highest BCUT2D eigenvalue weighted by Gasteiger charge is 2.35. The summed E-state index contributed by atoms with van der Waals surface area (Å²) in [6.45, 7) is 8.08. The molecule has 4 aromatic rings. The van der Waals surface area contributed by atoms with E-state index in [0.29, 0.717) is 11.6 Å². The van der Waals surface area contributed by atoms with Gasteiger partial charge < -0.3 is 14.4 Å². The second-order valence-electron chi connectivity index (χ2n) is 10.4. The summed E-state index contributed by atoms with van der Waals surface area (Å²) in [6.07, 6.45) is 5.54. The quantitative estimate of drug-likeness (QED) is 0.283. The number of furan rings is 1. The summed E-state index contributed by atoms with van der Waals surface area (Å²) >= 11 is 1.24. The van der Waals surface area contributed by atoms with Crippen molar-refractivity contribution in [2.75, 3.05) is 4.90 Å². The summed E-state index contributed by atoms with van der Waals surface area (Å²) < 4.78 is 5.94. The van der Waals surface area contributed by atoms with Crippen LogP contribution in [0.15, 0.2) is 53.1 Å². The number of pyridine rings is 1. The number of carboxylic acid groups (broad SMARTS) is 1. The Morgan fingerprint density at radius 1 is 1.08 bits per heavy atom. The number of fused-ring (bicyclic) bond motifs is 1. The van der Waals surface area contributed by atoms with Crippen molar-refractivity contribution < 1.29 is 19.1 Å². The van der Waals surface area contributed by atoms with E-state index in [1.807, 2.05) is 63.2 Å². The maximum absolute atomic E-state index is 13.7. The summed E-state index contributed by atoms with van der Waals surface area (Å²) in [5.74, 6) is 0.357. The molecule has 0 aliphatic heterocycles. The van der Waals surface area contributed by atoms with Crippen LogP contribution in [0.3, 0.4) is 0 Å². The predicted molar refractivity (Wildman–Crippen MR) is 148 cm³/mol. The standard InChI is InChI=1S/C30H32N2O4S/c1-17(2)32(29(33)22-9-7-18(3)8-10-22)26-19(4)27(37-28(26)30(34)35)21-13-11-20(12-14-21)25-16-23-24(36-25)6-5-15-31-23/h5-6,11-18,22H,7-10H2,1-4H3,(H,34,35)/t18-,22-. The maximum atomic E-state index is 13.7. The molecule has 0 atom stereocenters. The predicted octanol–water partition coefficient (Wildman–Crippen LogP) is 7.80. The van der Waals surface area contributed by atoms with Crippen LogP contribution in [0.1, 0.15) is 61.7 Å². The number of benzene rings is 1. The molecule has 1 amide bonds. The normalized spacial score (nSPS) is 17.9. The summed E-state index contributed by atoms with van der Waals surface area (Å²) in [6, 6.07) is 13.4. The summed E-state index contributed by atoms with van der Waals surface area (Å²) in [7, 11) is 0. The van der Waals surface area contributed by atoms with Crippen molar-refractivity contribution in [1.82, 2.24) is 4.98 Å². The fourth-order valence-electron chi connectivity index (χ4n) is 5.34. The van der Waals surface area contributed by atoms with E-state index in [-0.39, 0.29) is 22.7 Å². The van der Waals surface area contributed by atoms with Crippen LogP contribution < -0.4 is 4.90 Å². The van der Waals surface area contributed by atoms with Gasteiger partial charge in [-0.1, -0.05) is 31.2 Å². The van der Waals surface area contributed by atoms with Crippen LogP contribution in [0.4, 0.5) is 5.69 Å². The monoisotopic (exact) mass is 516 g/mol. The van der Waals surface area contributed by atoms with E-state index in [2.05, 4.69) is 11.9 Å². The zero-order chi connectivity index (χ0) is 26.3. The number of aromatic carboxylic acids is 1. The second-order valence-corrected chi connectivity index (χ2v) is 11.4. The highest BCUT2D eigenvalue weighted by Crippen LogP contribution is 2.44. The van der Waals surface area contributed by atoms with Gasteiger partial charge in [0.15, 0.2) is 5.58 Å². The van der Waals surface area contributed by atoms with Crippen molar-refractivity contribution in [2.45, 2.75) is 59.4 Å². The smallest absolute Gasteiger partial charge is 0.348 e. The van der Waals surface area contributed by atoms with Crippen molar-refractivity contribution in [2.24, 2.45) is 11.8 Å². The molecule has 1 aliphatic carbocycles. The van der Waals surface area contributed by atoms with Crippen LogP contribution in [-0.2, 0) is 4.79 Å². The lowest BCUT2D eigenvalue weighted by Crippen LogP contribution is -2.43. The maximum Gasteiger partial charge on any atom is 0.348 e. The van der Waals surface area contributed by atoms with E-state index in [9.17, 15) is 14.7 Å². The van der Waals surface area contributed by atoms with Gasteiger partial charge >= 0.3 is 5.97 Å². The fourth-order valence-corrected chi connectivity index (χ4v) is 6.48. The van der Waals surface area contributed by atoms with E-state index in [1.54, 1.807) is 11.1 Å². The molecule has 0 spiro atoms. The van der Waals surface area contributed by atoms with Gasteiger partial charge in [0.1, 0.15) is 16.2 Å². The minimum Gasteiger partial charge on any atom is -0.477 e. The van der Waals surface area contributed by atoms with Gasteiger partial charge in [0.05, 0.1) is 5.69 Å². The molecule has 6 nitrogen and oxygen atoms in total. The van der Waals surface area contributed by atoms with E-state index in [1.165, 1.54) is 11.3 Å². The molecule has 1 N–H and O–H groups in total. The van der Waals surface area contributed by atoms with Crippen LogP contribution in [0, 0.1) is 18.8 Å². The van der Waals surface area contributed by atoms with Crippen molar-refractivity contribution in [3.05, 3.63) is 59.1 Å². The van der Waals surface area contributed by atoms with Gasteiger partial charge in [-0.3, -0.25) is 9.78 Å². The van der Waals surface area contributed by atoms with Crippen LogP contribution in [-0.4, -0.2) is 28.0 Å². The number of amides is 1. The molecule has 3 aromatic heterocycles. The van der Waals surface area contributed by atoms with Gasteiger partial charge in [-0.25, -0.2) is 4.79 Å². The number of carbonyl (C=O) groups is 2. The fraction of sp³-hybridized carbons (Fsp3) is 0.367. The van der Waals surface area contributed by atoms with Gasteiger partial charge in [0, 0.05) is 34.7 Å². The minimum absolute atomic E-state index is 0.0469. The molecule has 1 aliphatic rings. The number of aromatic nitrogens is 1. The molecular formula is C30H32N2O4S. The van der Waals surface area contributed by atoms with Crippen LogP contribution >= 0.6 is 11.3 Å². The van der Waals surface area contributed by atoms with Crippen molar-refractivity contribution in [3.8, 4) is 21.8 Å². The molecule has 0 radical (unpaired) electrons. The van der Waals surface area contributed by atoms with Crippen molar-refractivity contribution in [3.63, 3.8) is 0 Å². The van der Waals surface area contributed by atoms with Crippen LogP contribution in [0.25, 0.3) is 32.9 Å². The van der Waals surface area contributed by atoms with Crippen LogP contribution in [0.5, 0.6) is 0 Å². The average Bonchev–Trinajstić information content (AvgIpc) is 3.46. The molecule has 5 rings (SSSR count). The molecule has 37 heavy (non-hydrogen) atoms. The van der Waals surface area contributed by atoms with Crippen LogP contribution in [0.2, 0.25) is 0 Å². The van der Waals surface area contributed by atoms with E-state index < -0.39 is 5.97 Å². The molecule has 1 saturated carbocycles. The van der Waals surface area contributed by atoms with Gasteiger partial charge in [-0.2, -0.15) is 0 Å². The second kappa shape index (κ2) is 10.1. The summed E-state index contributed by atoms with van der Waals surface area (Å²) in [4.78, 5) is 33.2. The van der Waals surface area contributed by atoms with E-state index in [0.717, 1.165) is 64.1 Å². The van der Waals surface area contributed by atoms with Gasteiger partial charge in [0.25, 0.3) is 0 Å². The summed E-state index contributed by atoms with van der Waals surface area (Å²) in [5.41, 5.74) is 4.74. The Kier molecular flexibility index (Phi) is 6.90. The zero-order valence-electron chi connectivity index (χ0n) is 21.7. The van der Waals surface area contributed by atoms with E-state index in [4.69, 9.17) is 4.42 Å². The third-order valence-corrected chi connectivity index (χ3v) is 8.71. The topological polar surface area (TPSA) is 83.6 Å². The molecule has 0 bridgehead atoms. The Labute approximate surface area is 220 Å². The summed E-state index contributed by atoms with van der Waals surface area (Å²) in [5, 5.41) is 10.1. The Morgan fingerprint density at radius 3 is 2.38 bits per heavy atom. The number of thiophene rings is 1. The largest absolute Gasteiger partial charge is 0.477 e. The Hall–Kier alpha value is -3.45. The molecular weight excluding hydrogens is 484 g/mol. The highest BCUT2D eigenvalue weighted by molar-refractivity contribution is 7.18. The zero-order valence-corrected chi connectivity index (χ0v) is 22.5. The first-order chi connectivity index (χ1) is 17.7. The average molecular weight is 517 g/mol. The Balaban J connectivity index is 1.50. The molecule has 7 heteroatoms. The number of hydrogen-bond donors (Lipinski definition) is 1. The number of anilines is 1. The van der Waals surface area contributed by atoms with Gasteiger partial charge in [-0.05, 0) is 75.6 Å². The number of carbonyl (C=O) groups excluding carboxylic acids is 1. The lowest BCUT2D eigenvalue weighted by molar-refractivity contribution is -0.123. The van der Waals surface area contributed by atoms with Crippen molar-refractivity contribution >= 4 is 40.0 Å². The number of hydrogen-bond acceptors (Lipinski definition) is 5. The number of carboxylic acids is 1.